The third-order valence-corrected chi connectivity index (χ3v) is 4.26. The summed E-state index contributed by atoms with van der Waals surface area (Å²) in [6.45, 7) is 0.838. The highest BCUT2D eigenvalue weighted by Gasteiger charge is 2.30. The highest BCUT2D eigenvalue weighted by atomic mass is 79.9. The summed E-state index contributed by atoms with van der Waals surface area (Å²) >= 11 is 3.51. The molecule has 0 aromatic heterocycles. The number of carbonyl (C=O) groups is 1. The predicted octanol–water partition coefficient (Wildman–Crippen LogP) is 4.43. The molecule has 0 saturated carbocycles. The first-order valence-electron chi connectivity index (χ1n) is 6.87. The molecule has 1 atom stereocenters. The second-order valence-electron chi connectivity index (χ2n) is 5.08. The van der Waals surface area contributed by atoms with E-state index >= 15 is 0 Å². The molecule has 20 heavy (non-hydrogen) atoms. The lowest BCUT2D eigenvalue weighted by Crippen LogP contribution is -2.30. The lowest BCUT2D eigenvalue weighted by atomic mass is 10.0. The van der Waals surface area contributed by atoms with E-state index < -0.39 is 0 Å². The number of carbonyl (C=O) groups excluding carboxylic acids is 1. The first-order valence-corrected chi connectivity index (χ1v) is 7.66. The van der Waals surface area contributed by atoms with Gasteiger partial charge in [-0.25, -0.2) is 0 Å². The average Bonchev–Trinajstić information content (AvgIpc) is 2.97. The van der Waals surface area contributed by atoms with E-state index in [0.717, 1.165) is 29.4 Å². The van der Waals surface area contributed by atoms with Gasteiger partial charge in [0.15, 0.2) is 0 Å². The van der Waals surface area contributed by atoms with Gasteiger partial charge >= 0.3 is 0 Å². The molecule has 2 aromatic rings. The molecule has 2 nitrogen and oxygen atoms in total. The van der Waals surface area contributed by atoms with E-state index in [1.165, 1.54) is 5.56 Å². The average molecular weight is 330 g/mol. The van der Waals surface area contributed by atoms with Crippen LogP contribution in [0, 0.1) is 0 Å². The van der Waals surface area contributed by atoms with E-state index in [1.54, 1.807) is 0 Å². The molecule has 1 fully saturated rings. The van der Waals surface area contributed by atoms with E-state index in [9.17, 15) is 4.79 Å². The molecular formula is C17H16BrNO. The molecule has 1 aliphatic heterocycles. The predicted molar refractivity (Wildman–Crippen MR) is 83.6 cm³/mol. The quantitative estimate of drug-likeness (QED) is 0.798. The number of hydrogen-bond donors (Lipinski definition) is 0. The summed E-state index contributed by atoms with van der Waals surface area (Å²) in [6.07, 6.45) is 2.10. The van der Waals surface area contributed by atoms with Crippen molar-refractivity contribution in [1.82, 2.24) is 4.90 Å². The molecule has 0 aliphatic carbocycles. The van der Waals surface area contributed by atoms with Gasteiger partial charge in [0.2, 0.25) is 0 Å². The number of rotatable bonds is 2. The monoisotopic (exact) mass is 329 g/mol. The van der Waals surface area contributed by atoms with E-state index in [-0.39, 0.29) is 11.9 Å². The Morgan fingerprint density at radius 3 is 2.65 bits per heavy atom. The van der Waals surface area contributed by atoms with Crippen LogP contribution in [-0.2, 0) is 0 Å². The molecule has 1 saturated heterocycles. The minimum absolute atomic E-state index is 0.132. The Labute approximate surface area is 127 Å². The molecular weight excluding hydrogens is 314 g/mol. The topological polar surface area (TPSA) is 20.3 Å². The molecule has 1 amide bonds. The third kappa shape index (κ3) is 2.63. The first-order chi connectivity index (χ1) is 9.75. The largest absolute Gasteiger partial charge is 0.332 e. The molecule has 0 radical (unpaired) electrons. The fourth-order valence-corrected chi connectivity index (χ4v) is 3.23. The van der Waals surface area contributed by atoms with Crippen LogP contribution in [0.1, 0.15) is 34.8 Å². The van der Waals surface area contributed by atoms with Crippen LogP contribution in [-0.4, -0.2) is 17.4 Å². The first kappa shape index (κ1) is 13.4. The summed E-state index contributed by atoms with van der Waals surface area (Å²) in [7, 11) is 0. The summed E-state index contributed by atoms with van der Waals surface area (Å²) in [4.78, 5) is 14.6. The van der Waals surface area contributed by atoms with E-state index in [4.69, 9.17) is 0 Å². The van der Waals surface area contributed by atoms with Crippen LogP contribution in [0.2, 0.25) is 0 Å². The summed E-state index contributed by atoms with van der Waals surface area (Å²) in [5.74, 6) is 0.132. The Kier molecular flexibility index (Phi) is 3.88. The Balaban J connectivity index is 1.88. The molecule has 1 unspecified atom stereocenters. The maximum absolute atomic E-state index is 12.6. The van der Waals surface area contributed by atoms with Gasteiger partial charge in [0.25, 0.3) is 5.91 Å². The van der Waals surface area contributed by atoms with Gasteiger partial charge in [-0.15, -0.1) is 0 Å². The standard InChI is InChI=1S/C17H16BrNO/c18-15-9-4-8-14(12-15)16-10-5-11-19(16)17(20)13-6-2-1-3-7-13/h1-4,6-9,12,16H,5,10-11H2. The molecule has 2 aromatic carbocycles. The second kappa shape index (κ2) is 5.80. The van der Waals surface area contributed by atoms with Gasteiger partial charge in [-0.2, -0.15) is 0 Å². The minimum atomic E-state index is 0.132. The van der Waals surface area contributed by atoms with Crippen LogP contribution in [0.4, 0.5) is 0 Å². The van der Waals surface area contributed by atoms with Crippen molar-refractivity contribution in [1.29, 1.82) is 0 Å². The molecule has 1 aliphatic rings. The fourth-order valence-electron chi connectivity index (χ4n) is 2.82. The number of halogens is 1. The molecule has 3 rings (SSSR count). The van der Waals surface area contributed by atoms with Crippen molar-refractivity contribution >= 4 is 21.8 Å². The van der Waals surface area contributed by atoms with Crippen LogP contribution < -0.4 is 0 Å². The minimum Gasteiger partial charge on any atom is -0.332 e. The van der Waals surface area contributed by atoms with Crippen molar-refractivity contribution in [3.05, 3.63) is 70.2 Å². The van der Waals surface area contributed by atoms with Crippen LogP contribution in [0.5, 0.6) is 0 Å². The van der Waals surface area contributed by atoms with E-state index in [2.05, 4.69) is 28.1 Å². The van der Waals surface area contributed by atoms with Crippen molar-refractivity contribution in [3.8, 4) is 0 Å². The lowest BCUT2D eigenvalue weighted by Gasteiger charge is -2.25. The van der Waals surface area contributed by atoms with Gasteiger partial charge in [0, 0.05) is 16.6 Å². The van der Waals surface area contributed by atoms with Crippen LogP contribution in [0.15, 0.2) is 59.1 Å². The lowest BCUT2D eigenvalue weighted by molar-refractivity contribution is 0.0735. The van der Waals surface area contributed by atoms with Gasteiger partial charge in [-0.3, -0.25) is 4.79 Å². The molecule has 0 spiro atoms. The highest BCUT2D eigenvalue weighted by molar-refractivity contribution is 9.10. The number of nitrogens with zero attached hydrogens (tertiary/aromatic N) is 1. The molecule has 0 N–H and O–H groups in total. The van der Waals surface area contributed by atoms with Gasteiger partial charge in [0.05, 0.1) is 6.04 Å². The summed E-state index contributed by atoms with van der Waals surface area (Å²) in [5, 5.41) is 0. The zero-order valence-corrected chi connectivity index (χ0v) is 12.7. The van der Waals surface area contributed by atoms with E-state index in [1.807, 2.05) is 47.4 Å². The molecule has 0 bridgehead atoms. The third-order valence-electron chi connectivity index (χ3n) is 3.77. The fraction of sp³-hybridized carbons (Fsp3) is 0.235. The van der Waals surface area contributed by atoms with Gasteiger partial charge in [-0.05, 0) is 42.7 Å². The van der Waals surface area contributed by atoms with Crippen molar-refractivity contribution < 1.29 is 4.79 Å². The number of likely N-dealkylation sites (tertiary alicyclic amines) is 1. The zero-order valence-electron chi connectivity index (χ0n) is 11.1. The Morgan fingerprint density at radius 2 is 1.90 bits per heavy atom. The van der Waals surface area contributed by atoms with Gasteiger partial charge < -0.3 is 4.90 Å². The van der Waals surface area contributed by atoms with Crippen molar-refractivity contribution in [2.45, 2.75) is 18.9 Å². The van der Waals surface area contributed by atoms with Crippen molar-refractivity contribution in [2.24, 2.45) is 0 Å². The SMILES string of the molecule is O=C(c1ccccc1)N1CCCC1c1cccc(Br)c1. The Bertz CT molecular complexity index is 611. The molecule has 1 heterocycles. The van der Waals surface area contributed by atoms with E-state index in [0.29, 0.717) is 0 Å². The summed E-state index contributed by atoms with van der Waals surface area (Å²) in [6, 6.07) is 18.0. The number of benzene rings is 2. The molecule has 102 valence electrons. The zero-order chi connectivity index (χ0) is 13.9. The van der Waals surface area contributed by atoms with Gasteiger partial charge in [0.1, 0.15) is 0 Å². The van der Waals surface area contributed by atoms with Crippen LogP contribution >= 0.6 is 15.9 Å². The van der Waals surface area contributed by atoms with Gasteiger partial charge in [-0.1, -0.05) is 46.3 Å². The van der Waals surface area contributed by atoms with Crippen molar-refractivity contribution in [3.63, 3.8) is 0 Å². The smallest absolute Gasteiger partial charge is 0.254 e. The molecule has 3 heteroatoms. The maximum atomic E-state index is 12.6. The summed E-state index contributed by atoms with van der Waals surface area (Å²) in [5.41, 5.74) is 1.98. The Morgan fingerprint density at radius 1 is 1.10 bits per heavy atom. The number of amides is 1. The highest BCUT2D eigenvalue weighted by Crippen LogP contribution is 2.34. The van der Waals surface area contributed by atoms with Crippen molar-refractivity contribution in [2.75, 3.05) is 6.54 Å². The number of hydrogen-bond acceptors (Lipinski definition) is 1. The van der Waals surface area contributed by atoms with Crippen LogP contribution in [0.3, 0.4) is 0 Å². The summed E-state index contributed by atoms with van der Waals surface area (Å²) < 4.78 is 1.06. The second-order valence-corrected chi connectivity index (χ2v) is 5.99. The van der Waals surface area contributed by atoms with Crippen LogP contribution in [0.25, 0.3) is 0 Å². The maximum Gasteiger partial charge on any atom is 0.254 e. The normalized spacial score (nSPS) is 18.2. The Hall–Kier alpha value is -1.61.